The summed E-state index contributed by atoms with van der Waals surface area (Å²) < 4.78 is 23.1. The van der Waals surface area contributed by atoms with E-state index in [9.17, 15) is 14.0 Å². The van der Waals surface area contributed by atoms with Crippen molar-refractivity contribution in [3.63, 3.8) is 0 Å². The Kier molecular flexibility index (Phi) is 4.83. The van der Waals surface area contributed by atoms with Gasteiger partial charge in [0.05, 0.1) is 7.11 Å². The predicted molar refractivity (Wildman–Crippen MR) is 82.4 cm³/mol. The molecule has 0 saturated heterocycles. The van der Waals surface area contributed by atoms with Crippen molar-refractivity contribution >= 4 is 11.8 Å². The van der Waals surface area contributed by atoms with Crippen molar-refractivity contribution in [3.05, 3.63) is 52.6 Å². The Bertz CT molecular complexity index is 734. The summed E-state index contributed by atoms with van der Waals surface area (Å²) in [6.07, 6.45) is -0.779. The zero-order valence-electron chi connectivity index (χ0n) is 13.4. The van der Waals surface area contributed by atoms with Crippen LogP contribution in [0.15, 0.2) is 24.3 Å². The van der Waals surface area contributed by atoms with Crippen LogP contribution in [0.4, 0.5) is 4.39 Å². The summed E-state index contributed by atoms with van der Waals surface area (Å²) in [5, 5.41) is 0. The van der Waals surface area contributed by atoms with Crippen molar-refractivity contribution in [2.24, 2.45) is 0 Å². The number of hydrogen-bond donors (Lipinski definition) is 1. The lowest BCUT2D eigenvalue weighted by molar-refractivity contribution is 0.0594. The summed E-state index contributed by atoms with van der Waals surface area (Å²) in [6.45, 7) is 4.99. The SMILES string of the molecule is COC(=O)c1[nH]c(C)c(C(=O)[C@H](C)Oc2ccc(F)cc2)c1C. The van der Waals surface area contributed by atoms with Crippen LogP contribution in [0.3, 0.4) is 0 Å². The number of carbonyl (C=O) groups is 2. The van der Waals surface area contributed by atoms with Crippen LogP contribution in [0.2, 0.25) is 0 Å². The summed E-state index contributed by atoms with van der Waals surface area (Å²) in [4.78, 5) is 27.2. The van der Waals surface area contributed by atoms with E-state index < -0.39 is 12.1 Å². The number of rotatable bonds is 5. The molecule has 122 valence electrons. The first-order valence-corrected chi connectivity index (χ1v) is 7.09. The van der Waals surface area contributed by atoms with E-state index in [4.69, 9.17) is 4.74 Å². The molecule has 0 fully saturated rings. The molecule has 23 heavy (non-hydrogen) atoms. The molecule has 2 rings (SSSR count). The Morgan fingerprint density at radius 2 is 1.78 bits per heavy atom. The number of H-pyrrole nitrogens is 1. The summed E-state index contributed by atoms with van der Waals surface area (Å²) in [7, 11) is 1.28. The third-order valence-corrected chi connectivity index (χ3v) is 3.57. The maximum Gasteiger partial charge on any atom is 0.354 e. The highest BCUT2D eigenvalue weighted by Gasteiger charge is 2.26. The van der Waals surface area contributed by atoms with Crippen LogP contribution in [0, 0.1) is 19.7 Å². The lowest BCUT2D eigenvalue weighted by atomic mass is 10.0. The number of aromatic nitrogens is 1. The maximum atomic E-state index is 12.9. The smallest absolute Gasteiger partial charge is 0.354 e. The summed E-state index contributed by atoms with van der Waals surface area (Å²) >= 11 is 0. The minimum absolute atomic E-state index is 0.252. The Morgan fingerprint density at radius 1 is 1.17 bits per heavy atom. The fraction of sp³-hybridized carbons (Fsp3) is 0.294. The first-order chi connectivity index (χ1) is 10.8. The van der Waals surface area contributed by atoms with Crippen molar-refractivity contribution in [3.8, 4) is 5.75 Å². The van der Waals surface area contributed by atoms with E-state index in [1.807, 2.05) is 0 Å². The Hall–Kier alpha value is -2.63. The molecule has 6 heteroatoms. The van der Waals surface area contributed by atoms with E-state index in [2.05, 4.69) is 9.72 Å². The second-order valence-corrected chi connectivity index (χ2v) is 5.19. The molecule has 1 aromatic carbocycles. The number of benzene rings is 1. The van der Waals surface area contributed by atoms with Gasteiger partial charge in [0, 0.05) is 11.3 Å². The van der Waals surface area contributed by atoms with Crippen molar-refractivity contribution in [2.75, 3.05) is 7.11 Å². The quantitative estimate of drug-likeness (QED) is 0.679. The Morgan fingerprint density at radius 3 is 2.35 bits per heavy atom. The molecule has 0 aliphatic heterocycles. The van der Waals surface area contributed by atoms with Crippen LogP contribution in [-0.4, -0.2) is 30.0 Å². The van der Waals surface area contributed by atoms with Gasteiger partial charge in [-0.15, -0.1) is 0 Å². The number of Topliss-reactive ketones (excluding diaryl/α,β-unsaturated/α-hetero) is 1. The lowest BCUT2D eigenvalue weighted by Crippen LogP contribution is -2.25. The van der Waals surface area contributed by atoms with Gasteiger partial charge in [-0.05, 0) is 50.6 Å². The third kappa shape index (κ3) is 3.41. The Balaban J connectivity index is 2.24. The Labute approximate surface area is 133 Å². The molecule has 1 atom stereocenters. The van der Waals surface area contributed by atoms with E-state index in [1.54, 1.807) is 20.8 Å². The highest BCUT2D eigenvalue weighted by atomic mass is 19.1. The highest BCUT2D eigenvalue weighted by molar-refractivity contribution is 6.04. The molecule has 0 radical (unpaired) electrons. The number of nitrogens with one attached hydrogen (secondary N) is 1. The number of hydrogen-bond acceptors (Lipinski definition) is 4. The van der Waals surface area contributed by atoms with Crippen molar-refractivity contribution in [2.45, 2.75) is 26.9 Å². The standard InChI is InChI=1S/C17H18FNO4/c1-9-14(10(2)19-15(9)17(21)22-4)16(20)11(3)23-13-7-5-12(18)6-8-13/h5-8,11,19H,1-4H3/t11-/m0/s1. The molecular formula is C17H18FNO4. The monoisotopic (exact) mass is 319 g/mol. The topological polar surface area (TPSA) is 68.4 Å². The zero-order valence-corrected chi connectivity index (χ0v) is 13.4. The number of carbonyl (C=O) groups excluding carboxylic acids is 2. The molecule has 5 nitrogen and oxygen atoms in total. The molecule has 0 spiro atoms. The second kappa shape index (κ2) is 6.64. The van der Waals surface area contributed by atoms with Gasteiger partial charge in [0.15, 0.2) is 6.10 Å². The van der Waals surface area contributed by atoms with Crippen molar-refractivity contribution in [1.29, 1.82) is 0 Å². The third-order valence-electron chi connectivity index (χ3n) is 3.57. The van der Waals surface area contributed by atoms with E-state index in [-0.39, 0.29) is 17.3 Å². The molecule has 0 amide bonds. The van der Waals surface area contributed by atoms with Gasteiger partial charge in [-0.2, -0.15) is 0 Å². The molecule has 1 aromatic heterocycles. The number of aromatic amines is 1. The number of ketones is 1. The summed E-state index contributed by atoms with van der Waals surface area (Å²) in [5.74, 6) is -0.782. The minimum Gasteiger partial charge on any atom is -0.483 e. The highest BCUT2D eigenvalue weighted by Crippen LogP contribution is 2.22. The maximum absolute atomic E-state index is 12.9. The van der Waals surface area contributed by atoms with Crippen molar-refractivity contribution < 1.29 is 23.5 Å². The molecular weight excluding hydrogens is 301 g/mol. The number of esters is 1. The molecule has 0 aliphatic carbocycles. The van der Waals surface area contributed by atoms with Crippen LogP contribution < -0.4 is 4.74 Å². The van der Waals surface area contributed by atoms with Crippen LogP contribution in [-0.2, 0) is 4.74 Å². The second-order valence-electron chi connectivity index (χ2n) is 5.19. The van der Waals surface area contributed by atoms with Crippen LogP contribution in [0.5, 0.6) is 5.75 Å². The number of methoxy groups -OCH3 is 1. The fourth-order valence-electron chi connectivity index (χ4n) is 2.40. The number of halogens is 1. The molecule has 1 heterocycles. The largest absolute Gasteiger partial charge is 0.483 e. The normalized spacial score (nSPS) is 11.9. The predicted octanol–water partition coefficient (Wildman–Crippen LogP) is 3.21. The van der Waals surface area contributed by atoms with Gasteiger partial charge in [-0.3, -0.25) is 4.79 Å². The molecule has 0 saturated carbocycles. The average Bonchev–Trinajstić information content (AvgIpc) is 2.82. The van der Waals surface area contributed by atoms with Crippen molar-refractivity contribution in [1.82, 2.24) is 4.98 Å². The van der Waals surface area contributed by atoms with E-state index in [0.29, 0.717) is 22.6 Å². The minimum atomic E-state index is -0.779. The van der Waals surface area contributed by atoms with Gasteiger partial charge in [0.2, 0.25) is 5.78 Å². The summed E-state index contributed by atoms with van der Waals surface area (Å²) in [5.41, 5.74) is 1.75. The zero-order chi connectivity index (χ0) is 17.1. The van der Waals surface area contributed by atoms with E-state index in [1.165, 1.54) is 31.4 Å². The molecule has 0 unspecified atom stereocenters. The molecule has 1 N–H and O–H groups in total. The fourth-order valence-corrected chi connectivity index (χ4v) is 2.40. The van der Waals surface area contributed by atoms with Crippen LogP contribution in [0.25, 0.3) is 0 Å². The van der Waals surface area contributed by atoms with Gasteiger partial charge >= 0.3 is 5.97 Å². The van der Waals surface area contributed by atoms with E-state index >= 15 is 0 Å². The molecule has 2 aromatic rings. The first-order valence-electron chi connectivity index (χ1n) is 7.09. The molecule has 0 bridgehead atoms. The molecule has 0 aliphatic rings. The number of ether oxygens (including phenoxy) is 2. The van der Waals surface area contributed by atoms with Gasteiger partial charge in [0.1, 0.15) is 17.3 Å². The van der Waals surface area contributed by atoms with Crippen LogP contribution >= 0.6 is 0 Å². The van der Waals surface area contributed by atoms with E-state index in [0.717, 1.165) is 0 Å². The van der Waals surface area contributed by atoms with Crippen LogP contribution in [0.1, 0.15) is 39.0 Å². The van der Waals surface area contributed by atoms with Gasteiger partial charge in [0.25, 0.3) is 0 Å². The first kappa shape index (κ1) is 16.7. The summed E-state index contributed by atoms with van der Waals surface area (Å²) in [6, 6.07) is 5.43. The average molecular weight is 319 g/mol. The lowest BCUT2D eigenvalue weighted by Gasteiger charge is -2.14. The number of aryl methyl sites for hydroxylation is 1. The van der Waals surface area contributed by atoms with Gasteiger partial charge in [-0.25, -0.2) is 9.18 Å². The van der Waals surface area contributed by atoms with Gasteiger partial charge in [-0.1, -0.05) is 0 Å². The van der Waals surface area contributed by atoms with Gasteiger partial charge < -0.3 is 14.5 Å².